The number of carbonyl (C=O) groups is 1. The third-order valence-corrected chi connectivity index (χ3v) is 5.16. The Balaban J connectivity index is 1.71. The SMILES string of the molecule is CC[NH+]1CCN(c2ccc(NC(=O)c3ccc(C#N)cc3F)cc2Cl)CC1. The first-order chi connectivity index (χ1) is 13.0. The first-order valence-electron chi connectivity index (χ1n) is 8.91. The van der Waals surface area contributed by atoms with Crippen molar-refractivity contribution in [3.63, 3.8) is 0 Å². The van der Waals surface area contributed by atoms with Gasteiger partial charge in [0.25, 0.3) is 5.91 Å². The van der Waals surface area contributed by atoms with E-state index in [2.05, 4.69) is 17.1 Å². The summed E-state index contributed by atoms with van der Waals surface area (Å²) in [6, 6.07) is 10.9. The van der Waals surface area contributed by atoms with Gasteiger partial charge in [-0.25, -0.2) is 4.39 Å². The molecule has 2 aromatic rings. The van der Waals surface area contributed by atoms with E-state index < -0.39 is 11.7 Å². The van der Waals surface area contributed by atoms with Crippen LogP contribution in [0.3, 0.4) is 0 Å². The molecule has 0 aromatic heterocycles. The first-order valence-corrected chi connectivity index (χ1v) is 9.28. The van der Waals surface area contributed by atoms with Crippen LogP contribution in [0.25, 0.3) is 0 Å². The third-order valence-electron chi connectivity index (χ3n) is 4.86. The molecule has 0 atom stereocenters. The highest BCUT2D eigenvalue weighted by Gasteiger charge is 2.21. The predicted octanol–water partition coefficient (Wildman–Crippen LogP) is 2.33. The maximum absolute atomic E-state index is 14.0. The van der Waals surface area contributed by atoms with Crippen molar-refractivity contribution in [2.75, 3.05) is 42.9 Å². The number of rotatable bonds is 4. The van der Waals surface area contributed by atoms with Crippen LogP contribution in [0.5, 0.6) is 0 Å². The van der Waals surface area contributed by atoms with E-state index in [9.17, 15) is 9.18 Å². The minimum atomic E-state index is -0.731. The second-order valence-electron chi connectivity index (χ2n) is 6.52. The van der Waals surface area contributed by atoms with Crippen LogP contribution in [0, 0.1) is 17.1 Å². The molecule has 2 N–H and O–H groups in total. The predicted molar refractivity (Wildman–Crippen MR) is 104 cm³/mol. The summed E-state index contributed by atoms with van der Waals surface area (Å²) in [6.07, 6.45) is 0. The monoisotopic (exact) mass is 387 g/mol. The lowest BCUT2D eigenvalue weighted by molar-refractivity contribution is -0.898. The van der Waals surface area contributed by atoms with Crippen LogP contribution in [0.4, 0.5) is 15.8 Å². The zero-order chi connectivity index (χ0) is 19.4. The maximum Gasteiger partial charge on any atom is 0.258 e. The van der Waals surface area contributed by atoms with Crippen molar-refractivity contribution in [1.29, 1.82) is 5.26 Å². The minimum Gasteiger partial charge on any atom is -0.359 e. The number of quaternary nitrogens is 1. The van der Waals surface area contributed by atoms with Crippen LogP contribution in [0.1, 0.15) is 22.8 Å². The number of hydrogen-bond acceptors (Lipinski definition) is 3. The Bertz CT molecular complexity index is 888. The van der Waals surface area contributed by atoms with Crippen molar-refractivity contribution in [2.24, 2.45) is 0 Å². The zero-order valence-corrected chi connectivity index (χ0v) is 15.8. The largest absolute Gasteiger partial charge is 0.359 e. The Morgan fingerprint density at radius 3 is 2.63 bits per heavy atom. The van der Waals surface area contributed by atoms with Gasteiger partial charge in [0.05, 0.1) is 60.6 Å². The van der Waals surface area contributed by atoms with Gasteiger partial charge in [0.15, 0.2) is 0 Å². The van der Waals surface area contributed by atoms with E-state index in [1.807, 2.05) is 12.1 Å². The topological polar surface area (TPSA) is 60.6 Å². The number of halogens is 2. The van der Waals surface area contributed by atoms with E-state index in [0.717, 1.165) is 44.5 Å². The van der Waals surface area contributed by atoms with Crippen LogP contribution in [-0.2, 0) is 0 Å². The molecule has 1 aliphatic rings. The number of nitriles is 1. The van der Waals surface area contributed by atoms with Crippen LogP contribution in [0.15, 0.2) is 36.4 Å². The molecule has 2 aromatic carbocycles. The number of nitrogens with one attached hydrogen (secondary N) is 2. The van der Waals surface area contributed by atoms with Gasteiger partial charge in [0, 0.05) is 5.69 Å². The van der Waals surface area contributed by atoms with Crippen LogP contribution < -0.4 is 15.1 Å². The number of nitrogens with zero attached hydrogens (tertiary/aromatic N) is 2. The molecular formula is C20H21ClFN4O+. The van der Waals surface area contributed by atoms with Crippen LogP contribution >= 0.6 is 11.6 Å². The summed E-state index contributed by atoms with van der Waals surface area (Å²) in [5, 5.41) is 12.0. The number of likely N-dealkylation sites (N-methyl/N-ethyl adjacent to an activating group) is 1. The van der Waals surface area contributed by atoms with Gasteiger partial charge < -0.3 is 15.1 Å². The fourth-order valence-corrected chi connectivity index (χ4v) is 3.53. The Kier molecular flexibility index (Phi) is 5.94. The highest BCUT2D eigenvalue weighted by Crippen LogP contribution is 2.29. The Labute approximate surface area is 162 Å². The lowest BCUT2D eigenvalue weighted by Gasteiger charge is -2.33. The fourth-order valence-electron chi connectivity index (χ4n) is 3.23. The molecule has 1 aliphatic heterocycles. The normalized spacial score (nSPS) is 14.7. The van der Waals surface area contributed by atoms with Gasteiger partial charge in [0.1, 0.15) is 5.82 Å². The summed E-state index contributed by atoms with van der Waals surface area (Å²) in [6.45, 7) is 7.33. The van der Waals surface area contributed by atoms with Crippen molar-refractivity contribution in [3.05, 3.63) is 58.4 Å². The summed E-state index contributed by atoms with van der Waals surface area (Å²) in [4.78, 5) is 16.1. The van der Waals surface area contributed by atoms with E-state index >= 15 is 0 Å². The molecule has 5 nitrogen and oxygen atoms in total. The molecule has 0 unspecified atom stereocenters. The van der Waals surface area contributed by atoms with E-state index in [1.165, 1.54) is 12.1 Å². The van der Waals surface area contributed by atoms with Crippen molar-refractivity contribution in [2.45, 2.75) is 6.92 Å². The second kappa shape index (κ2) is 8.38. The van der Waals surface area contributed by atoms with Gasteiger partial charge in [-0.1, -0.05) is 11.6 Å². The standard InChI is InChI=1S/C20H20ClFN4O/c1-2-25-7-9-26(10-8-25)19-6-4-15(12-17(19)21)24-20(27)16-5-3-14(13-23)11-18(16)22/h3-6,11-12H,2,7-10H2,1H3,(H,24,27)/p+1. The molecule has 140 valence electrons. The Hall–Kier alpha value is -2.62. The molecular weight excluding hydrogens is 367 g/mol. The summed E-state index contributed by atoms with van der Waals surface area (Å²) in [5.74, 6) is -1.31. The number of hydrogen-bond donors (Lipinski definition) is 2. The fraction of sp³-hybridized carbons (Fsp3) is 0.300. The molecule has 3 rings (SSSR count). The van der Waals surface area contributed by atoms with Crippen molar-refractivity contribution in [3.8, 4) is 6.07 Å². The van der Waals surface area contributed by atoms with Gasteiger partial charge in [-0.3, -0.25) is 4.79 Å². The second-order valence-corrected chi connectivity index (χ2v) is 6.92. The Morgan fingerprint density at radius 1 is 1.30 bits per heavy atom. The number of anilines is 2. The highest BCUT2D eigenvalue weighted by atomic mass is 35.5. The summed E-state index contributed by atoms with van der Waals surface area (Å²) < 4.78 is 14.0. The first kappa shape index (κ1) is 19.2. The molecule has 7 heteroatoms. The molecule has 1 saturated heterocycles. The quantitative estimate of drug-likeness (QED) is 0.846. The molecule has 0 radical (unpaired) electrons. The van der Waals surface area contributed by atoms with Gasteiger partial charge in [-0.2, -0.15) is 5.26 Å². The van der Waals surface area contributed by atoms with Gasteiger partial charge >= 0.3 is 0 Å². The third kappa shape index (κ3) is 4.38. The number of carbonyl (C=O) groups excluding carboxylic acids is 1. The average molecular weight is 388 g/mol. The van der Waals surface area contributed by atoms with E-state index in [-0.39, 0.29) is 11.1 Å². The van der Waals surface area contributed by atoms with Gasteiger partial charge in [-0.15, -0.1) is 0 Å². The van der Waals surface area contributed by atoms with E-state index in [1.54, 1.807) is 17.0 Å². The maximum atomic E-state index is 14.0. The van der Waals surface area contributed by atoms with Crippen molar-refractivity contribution in [1.82, 2.24) is 0 Å². The van der Waals surface area contributed by atoms with E-state index in [0.29, 0.717) is 10.7 Å². The van der Waals surface area contributed by atoms with Crippen molar-refractivity contribution >= 4 is 28.9 Å². The minimum absolute atomic E-state index is 0.118. The number of piperazine rings is 1. The van der Waals surface area contributed by atoms with Gasteiger partial charge in [0.2, 0.25) is 0 Å². The zero-order valence-electron chi connectivity index (χ0n) is 15.1. The van der Waals surface area contributed by atoms with Crippen LogP contribution in [-0.4, -0.2) is 38.6 Å². The van der Waals surface area contributed by atoms with Crippen LogP contribution in [0.2, 0.25) is 5.02 Å². The van der Waals surface area contributed by atoms with E-state index in [4.69, 9.17) is 16.9 Å². The molecule has 0 bridgehead atoms. The molecule has 1 fully saturated rings. The Morgan fingerprint density at radius 2 is 2.04 bits per heavy atom. The number of amides is 1. The summed E-state index contributed by atoms with van der Waals surface area (Å²) in [7, 11) is 0. The summed E-state index contributed by atoms with van der Waals surface area (Å²) in [5.41, 5.74) is 1.49. The summed E-state index contributed by atoms with van der Waals surface area (Å²) >= 11 is 6.42. The molecule has 27 heavy (non-hydrogen) atoms. The lowest BCUT2D eigenvalue weighted by Crippen LogP contribution is -3.14. The molecule has 0 saturated carbocycles. The van der Waals surface area contributed by atoms with Gasteiger partial charge in [-0.05, 0) is 43.3 Å². The molecule has 1 amide bonds. The molecule has 0 aliphatic carbocycles. The average Bonchev–Trinajstić information content (AvgIpc) is 2.68. The lowest BCUT2D eigenvalue weighted by atomic mass is 10.1. The van der Waals surface area contributed by atoms with Crippen molar-refractivity contribution < 1.29 is 14.1 Å². The smallest absolute Gasteiger partial charge is 0.258 e. The number of benzene rings is 2. The highest BCUT2D eigenvalue weighted by molar-refractivity contribution is 6.33. The molecule has 0 spiro atoms. The molecule has 1 heterocycles.